The average Bonchev–Trinajstić information content (AvgIpc) is 3.24. The highest BCUT2D eigenvalue weighted by Crippen LogP contribution is 2.28. The fourth-order valence-corrected chi connectivity index (χ4v) is 3.48. The van der Waals surface area contributed by atoms with Crippen molar-refractivity contribution in [2.75, 3.05) is 13.1 Å². The molecular formula is C18H20N4O3. The molecule has 0 radical (unpaired) electrons. The number of benzene rings is 1. The number of carbonyl (C=O) groups is 1. The van der Waals surface area contributed by atoms with E-state index in [-0.39, 0.29) is 18.4 Å². The van der Waals surface area contributed by atoms with Gasteiger partial charge in [0.05, 0.1) is 0 Å². The van der Waals surface area contributed by atoms with E-state index < -0.39 is 0 Å². The number of aliphatic hydroxyl groups excluding tert-OH is 1. The Morgan fingerprint density at radius 3 is 2.96 bits per heavy atom. The molecule has 0 bridgehead atoms. The third-order valence-electron chi connectivity index (χ3n) is 4.85. The number of hydrogen-bond acceptors (Lipinski definition) is 5. The zero-order valence-electron chi connectivity index (χ0n) is 14.1. The molecule has 7 nitrogen and oxygen atoms in total. The molecule has 3 aromatic rings. The number of aromatic nitrogens is 3. The summed E-state index contributed by atoms with van der Waals surface area (Å²) in [6, 6.07) is 9.42. The molecule has 7 heteroatoms. The van der Waals surface area contributed by atoms with Crippen molar-refractivity contribution in [2.45, 2.75) is 25.4 Å². The summed E-state index contributed by atoms with van der Waals surface area (Å²) in [4.78, 5) is 14.7. The Kier molecular flexibility index (Phi) is 4.01. The van der Waals surface area contributed by atoms with E-state index in [9.17, 15) is 9.90 Å². The molecule has 1 atom stereocenters. The van der Waals surface area contributed by atoms with E-state index in [1.807, 2.05) is 40.8 Å². The van der Waals surface area contributed by atoms with Gasteiger partial charge in [-0.15, -0.1) is 10.2 Å². The highest BCUT2D eigenvalue weighted by atomic mass is 16.3. The lowest BCUT2D eigenvalue weighted by Crippen LogP contribution is -2.39. The number of para-hydroxylation sites is 1. The molecule has 25 heavy (non-hydrogen) atoms. The maximum absolute atomic E-state index is 12.8. The van der Waals surface area contributed by atoms with Crippen LogP contribution in [0, 0.1) is 0 Å². The van der Waals surface area contributed by atoms with Crippen LogP contribution in [0.1, 0.15) is 41.0 Å². The second-order valence-electron chi connectivity index (χ2n) is 6.43. The lowest BCUT2D eigenvalue weighted by molar-refractivity contribution is 0.0673. The van der Waals surface area contributed by atoms with Crippen LogP contribution in [0.25, 0.3) is 11.0 Å². The number of amides is 1. The number of rotatable bonds is 3. The quantitative estimate of drug-likeness (QED) is 0.789. The molecule has 0 unspecified atom stereocenters. The molecule has 1 N–H and O–H groups in total. The molecule has 0 aliphatic carbocycles. The molecule has 1 amide bonds. The summed E-state index contributed by atoms with van der Waals surface area (Å²) in [7, 11) is 1.85. The van der Waals surface area contributed by atoms with Gasteiger partial charge in [0, 0.05) is 31.4 Å². The maximum Gasteiger partial charge on any atom is 0.289 e. The van der Waals surface area contributed by atoms with Crippen molar-refractivity contribution in [3.05, 3.63) is 47.7 Å². The van der Waals surface area contributed by atoms with Gasteiger partial charge in [0.1, 0.15) is 18.0 Å². The summed E-state index contributed by atoms with van der Waals surface area (Å²) in [5, 5.41) is 18.4. The molecule has 2 aromatic heterocycles. The van der Waals surface area contributed by atoms with Gasteiger partial charge in [-0.3, -0.25) is 4.79 Å². The smallest absolute Gasteiger partial charge is 0.289 e. The van der Waals surface area contributed by atoms with Gasteiger partial charge in [0.25, 0.3) is 5.91 Å². The zero-order valence-corrected chi connectivity index (χ0v) is 14.1. The van der Waals surface area contributed by atoms with Crippen LogP contribution in [-0.2, 0) is 13.7 Å². The predicted octanol–water partition coefficient (Wildman–Crippen LogP) is 2.07. The van der Waals surface area contributed by atoms with E-state index in [2.05, 4.69) is 10.2 Å². The number of nitrogens with zero attached hydrogens (tertiary/aromatic N) is 4. The Hall–Kier alpha value is -2.67. The van der Waals surface area contributed by atoms with Gasteiger partial charge >= 0.3 is 0 Å². The van der Waals surface area contributed by atoms with Gasteiger partial charge in [-0.2, -0.15) is 0 Å². The Labute approximate surface area is 144 Å². The van der Waals surface area contributed by atoms with Gasteiger partial charge < -0.3 is 19.0 Å². The number of aliphatic hydroxyl groups is 1. The Morgan fingerprint density at radius 1 is 1.36 bits per heavy atom. The van der Waals surface area contributed by atoms with Crippen molar-refractivity contribution < 1.29 is 14.3 Å². The summed E-state index contributed by atoms with van der Waals surface area (Å²) < 4.78 is 7.53. The third kappa shape index (κ3) is 2.80. The molecular weight excluding hydrogens is 320 g/mol. The Morgan fingerprint density at radius 2 is 2.20 bits per heavy atom. The van der Waals surface area contributed by atoms with Gasteiger partial charge in [-0.1, -0.05) is 18.2 Å². The summed E-state index contributed by atoms with van der Waals surface area (Å²) in [6.45, 7) is 1.14. The minimum absolute atomic E-state index is 0.0922. The van der Waals surface area contributed by atoms with Gasteiger partial charge in [0.2, 0.25) is 0 Å². The van der Waals surface area contributed by atoms with E-state index in [1.54, 1.807) is 6.07 Å². The molecule has 1 fully saturated rings. The first-order chi connectivity index (χ1) is 12.2. The second-order valence-corrected chi connectivity index (χ2v) is 6.43. The van der Waals surface area contributed by atoms with Gasteiger partial charge in [-0.05, 0) is 25.0 Å². The minimum atomic E-state index is -0.141. The molecule has 4 rings (SSSR count). The largest absolute Gasteiger partial charge is 0.451 e. The van der Waals surface area contributed by atoms with Crippen LogP contribution in [0.15, 0.2) is 34.7 Å². The van der Waals surface area contributed by atoms with Crippen LogP contribution >= 0.6 is 0 Å². The molecule has 0 spiro atoms. The first kappa shape index (κ1) is 15.8. The van der Waals surface area contributed by atoms with E-state index >= 15 is 0 Å². The zero-order chi connectivity index (χ0) is 17.4. The highest BCUT2D eigenvalue weighted by molar-refractivity contribution is 5.96. The SMILES string of the molecule is Cn1c(CO)nnc1[C@@H]1CCCN(C(=O)c2cc3ccccc3o2)C1. The van der Waals surface area contributed by atoms with Crippen molar-refractivity contribution in [3.63, 3.8) is 0 Å². The molecule has 1 aliphatic rings. The Bertz CT molecular complexity index is 881. The van der Waals surface area contributed by atoms with Crippen LogP contribution in [0.3, 0.4) is 0 Å². The van der Waals surface area contributed by atoms with E-state index in [1.165, 1.54) is 0 Å². The van der Waals surface area contributed by atoms with Crippen LogP contribution in [0.5, 0.6) is 0 Å². The topological polar surface area (TPSA) is 84.4 Å². The van der Waals surface area contributed by atoms with Crippen LogP contribution in [0.4, 0.5) is 0 Å². The van der Waals surface area contributed by atoms with Crippen LogP contribution in [-0.4, -0.2) is 43.8 Å². The lowest BCUT2D eigenvalue weighted by atomic mass is 9.97. The molecule has 0 saturated carbocycles. The minimum Gasteiger partial charge on any atom is -0.451 e. The predicted molar refractivity (Wildman–Crippen MR) is 91.0 cm³/mol. The molecule has 1 saturated heterocycles. The summed E-state index contributed by atoms with van der Waals surface area (Å²) in [6.07, 6.45) is 1.85. The molecule has 1 aliphatic heterocycles. The van der Waals surface area contributed by atoms with Crippen molar-refractivity contribution in [1.29, 1.82) is 0 Å². The normalized spacial score (nSPS) is 18.0. The number of fused-ring (bicyclic) bond motifs is 1. The molecule has 1 aromatic carbocycles. The first-order valence-electron chi connectivity index (χ1n) is 8.44. The number of carbonyl (C=O) groups excluding carboxylic acids is 1. The van der Waals surface area contributed by atoms with Crippen LogP contribution in [0.2, 0.25) is 0 Å². The molecule has 3 heterocycles. The number of furan rings is 1. The average molecular weight is 340 g/mol. The number of piperidine rings is 1. The Balaban J connectivity index is 1.56. The summed E-state index contributed by atoms with van der Waals surface area (Å²) in [5.41, 5.74) is 0.722. The summed E-state index contributed by atoms with van der Waals surface area (Å²) in [5.74, 6) is 1.74. The summed E-state index contributed by atoms with van der Waals surface area (Å²) >= 11 is 0. The monoisotopic (exact) mass is 340 g/mol. The van der Waals surface area contributed by atoms with E-state index in [0.717, 1.165) is 29.6 Å². The first-order valence-corrected chi connectivity index (χ1v) is 8.44. The van der Waals surface area contributed by atoms with Gasteiger partial charge in [0.15, 0.2) is 11.6 Å². The second kappa shape index (κ2) is 6.33. The van der Waals surface area contributed by atoms with Crippen molar-refractivity contribution in [1.82, 2.24) is 19.7 Å². The fourth-order valence-electron chi connectivity index (χ4n) is 3.48. The van der Waals surface area contributed by atoms with Crippen molar-refractivity contribution in [2.24, 2.45) is 7.05 Å². The number of likely N-dealkylation sites (tertiary alicyclic amines) is 1. The molecule has 130 valence electrons. The fraction of sp³-hybridized carbons (Fsp3) is 0.389. The van der Waals surface area contributed by atoms with Crippen molar-refractivity contribution >= 4 is 16.9 Å². The number of hydrogen-bond donors (Lipinski definition) is 1. The van der Waals surface area contributed by atoms with Gasteiger partial charge in [-0.25, -0.2) is 0 Å². The third-order valence-corrected chi connectivity index (χ3v) is 4.85. The lowest BCUT2D eigenvalue weighted by Gasteiger charge is -2.31. The van der Waals surface area contributed by atoms with E-state index in [0.29, 0.717) is 24.7 Å². The maximum atomic E-state index is 12.8. The highest BCUT2D eigenvalue weighted by Gasteiger charge is 2.30. The van der Waals surface area contributed by atoms with Crippen molar-refractivity contribution in [3.8, 4) is 0 Å². The standard InChI is InChI=1S/C18H20N4O3/c1-21-16(11-23)19-20-17(21)13-6-4-8-22(10-13)18(24)15-9-12-5-2-3-7-14(12)25-15/h2-3,5,7,9,13,23H,4,6,8,10-11H2,1H3/t13-/m1/s1. The van der Waals surface area contributed by atoms with Crippen LogP contribution < -0.4 is 0 Å². The van der Waals surface area contributed by atoms with E-state index in [4.69, 9.17) is 4.42 Å².